The summed E-state index contributed by atoms with van der Waals surface area (Å²) in [5.74, 6) is -1.32. The van der Waals surface area contributed by atoms with Gasteiger partial charge in [-0.25, -0.2) is 14.4 Å². The smallest absolute Gasteiger partial charge is 0.339 e. The van der Waals surface area contributed by atoms with Crippen molar-refractivity contribution in [3.05, 3.63) is 59.4 Å². The molecule has 1 aliphatic heterocycles. The SMILES string of the molecule is CC1c2cccc(Nc3nc(Nc4ccc(NC(=O)CBr)cn4)ncc3C(F)(F)F)c2C(=O)N1CCF. The second-order valence-corrected chi connectivity index (χ2v) is 8.51. The summed E-state index contributed by atoms with van der Waals surface area (Å²) in [4.78, 5) is 37.5. The van der Waals surface area contributed by atoms with Crippen molar-refractivity contribution >= 4 is 56.7 Å². The summed E-state index contributed by atoms with van der Waals surface area (Å²) in [6.07, 6.45) is -2.81. The number of pyridine rings is 1. The quantitative estimate of drug-likeness (QED) is 0.248. The Kier molecular flexibility index (Phi) is 7.57. The standard InChI is InChI=1S/C23H20BrF4N7O2/c1-12-14-3-2-4-16(19(14)21(37)35(12)8-7-25)32-20-15(23(26,27)28)11-30-22(34-20)33-17-6-5-13(10-29-17)31-18(36)9-24/h2-6,10-12H,7-9H2,1H3,(H,31,36)(H2,29,30,32,33,34). The summed E-state index contributed by atoms with van der Waals surface area (Å²) in [6.45, 7) is 0.847. The Labute approximate surface area is 216 Å². The molecule has 4 rings (SSSR count). The predicted molar refractivity (Wildman–Crippen MR) is 132 cm³/mol. The Morgan fingerprint density at radius 3 is 2.57 bits per heavy atom. The van der Waals surface area contributed by atoms with Gasteiger partial charge in [-0.15, -0.1) is 0 Å². The Morgan fingerprint density at radius 1 is 1.14 bits per heavy atom. The van der Waals surface area contributed by atoms with Gasteiger partial charge in [-0.3, -0.25) is 9.59 Å². The number of benzene rings is 1. The molecule has 1 unspecified atom stereocenters. The number of carbonyl (C=O) groups is 2. The van der Waals surface area contributed by atoms with Crippen LogP contribution in [0.15, 0.2) is 42.7 Å². The van der Waals surface area contributed by atoms with Gasteiger partial charge in [0.1, 0.15) is 23.9 Å². The van der Waals surface area contributed by atoms with Crippen LogP contribution in [0.1, 0.15) is 34.5 Å². The van der Waals surface area contributed by atoms with Crippen LogP contribution in [0.3, 0.4) is 0 Å². The Balaban J connectivity index is 1.64. The monoisotopic (exact) mass is 581 g/mol. The van der Waals surface area contributed by atoms with Crippen LogP contribution in [0.2, 0.25) is 0 Å². The van der Waals surface area contributed by atoms with Crippen LogP contribution in [0, 0.1) is 0 Å². The van der Waals surface area contributed by atoms with E-state index in [9.17, 15) is 27.2 Å². The van der Waals surface area contributed by atoms with Gasteiger partial charge in [-0.1, -0.05) is 28.1 Å². The average Bonchev–Trinajstić information content (AvgIpc) is 3.10. The van der Waals surface area contributed by atoms with Gasteiger partial charge in [0.15, 0.2) is 0 Å². The first-order chi connectivity index (χ1) is 17.6. The van der Waals surface area contributed by atoms with Crippen LogP contribution < -0.4 is 16.0 Å². The lowest BCUT2D eigenvalue weighted by Gasteiger charge is -2.20. The van der Waals surface area contributed by atoms with Crippen molar-refractivity contribution in [3.8, 4) is 0 Å². The first-order valence-electron chi connectivity index (χ1n) is 10.9. The van der Waals surface area contributed by atoms with E-state index in [-0.39, 0.29) is 40.8 Å². The molecule has 37 heavy (non-hydrogen) atoms. The zero-order chi connectivity index (χ0) is 26.7. The molecule has 0 radical (unpaired) electrons. The molecule has 3 N–H and O–H groups in total. The summed E-state index contributed by atoms with van der Waals surface area (Å²) in [7, 11) is 0. The van der Waals surface area contributed by atoms with E-state index in [1.165, 1.54) is 23.2 Å². The highest BCUT2D eigenvalue weighted by molar-refractivity contribution is 9.09. The minimum Gasteiger partial charge on any atom is -0.339 e. The number of alkyl halides is 5. The number of fused-ring (bicyclic) bond motifs is 1. The molecule has 0 saturated carbocycles. The molecule has 3 heterocycles. The van der Waals surface area contributed by atoms with Gasteiger partial charge in [0, 0.05) is 12.7 Å². The van der Waals surface area contributed by atoms with Gasteiger partial charge in [0.05, 0.1) is 34.5 Å². The zero-order valence-electron chi connectivity index (χ0n) is 19.2. The molecule has 1 aliphatic rings. The van der Waals surface area contributed by atoms with Gasteiger partial charge in [-0.2, -0.15) is 18.2 Å². The number of anilines is 5. The Morgan fingerprint density at radius 2 is 1.92 bits per heavy atom. The van der Waals surface area contributed by atoms with Crippen LogP contribution in [0.5, 0.6) is 0 Å². The molecule has 2 aromatic heterocycles. The number of nitrogens with one attached hydrogen (secondary N) is 3. The lowest BCUT2D eigenvalue weighted by atomic mass is 10.0. The highest BCUT2D eigenvalue weighted by Gasteiger charge is 2.38. The van der Waals surface area contributed by atoms with Gasteiger partial charge < -0.3 is 20.9 Å². The Bertz CT molecular complexity index is 1320. The Hall–Kier alpha value is -3.81. The second kappa shape index (κ2) is 10.7. The van der Waals surface area contributed by atoms with E-state index >= 15 is 0 Å². The summed E-state index contributed by atoms with van der Waals surface area (Å²) >= 11 is 3.03. The number of amides is 2. The fraction of sp³-hybridized carbons (Fsp3) is 0.261. The van der Waals surface area contributed by atoms with E-state index in [0.717, 1.165) is 0 Å². The molecule has 9 nitrogen and oxygen atoms in total. The van der Waals surface area contributed by atoms with Crippen molar-refractivity contribution in [1.82, 2.24) is 19.9 Å². The maximum Gasteiger partial charge on any atom is 0.421 e. The fourth-order valence-electron chi connectivity index (χ4n) is 3.86. The number of hydrogen-bond acceptors (Lipinski definition) is 7. The van der Waals surface area contributed by atoms with Gasteiger partial charge in [0.2, 0.25) is 11.9 Å². The highest BCUT2D eigenvalue weighted by atomic mass is 79.9. The second-order valence-electron chi connectivity index (χ2n) is 7.95. The normalized spacial score (nSPS) is 14.9. The average molecular weight is 582 g/mol. The molecule has 194 valence electrons. The molecule has 2 amide bonds. The van der Waals surface area contributed by atoms with Crippen molar-refractivity contribution in [2.45, 2.75) is 19.1 Å². The van der Waals surface area contributed by atoms with Crippen molar-refractivity contribution in [2.75, 3.05) is 34.5 Å². The highest BCUT2D eigenvalue weighted by Crippen LogP contribution is 2.40. The molecule has 0 bridgehead atoms. The van der Waals surface area contributed by atoms with E-state index < -0.39 is 36.2 Å². The van der Waals surface area contributed by atoms with Crippen LogP contribution in [-0.4, -0.2) is 50.2 Å². The van der Waals surface area contributed by atoms with Crippen molar-refractivity contribution in [3.63, 3.8) is 0 Å². The summed E-state index contributed by atoms with van der Waals surface area (Å²) in [5.41, 5.74) is 0.115. The number of hydrogen-bond donors (Lipinski definition) is 3. The molecule has 14 heteroatoms. The minimum atomic E-state index is -4.79. The minimum absolute atomic E-state index is 0.102. The maximum absolute atomic E-state index is 13.8. The van der Waals surface area contributed by atoms with Crippen LogP contribution >= 0.6 is 15.9 Å². The van der Waals surface area contributed by atoms with E-state index in [1.807, 2.05) is 0 Å². The third-order valence-corrected chi connectivity index (χ3v) is 6.08. The summed E-state index contributed by atoms with van der Waals surface area (Å²) in [6, 6.07) is 7.33. The van der Waals surface area contributed by atoms with Crippen molar-refractivity contribution < 1.29 is 27.2 Å². The fourth-order valence-corrected chi connectivity index (χ4v) is 4.00. The van der Waals surface area contributed by atoms with Crippen molar-refractivity contribution in [1.29, 1.82) is 0 Å². The lowest BCUT2D eigenvalue weighted by molar-refractivity contribution is -0.137. The first-order valence-corrected chi connectivity index (χ1v) is 12.0. The largest absolute Gasteiger partial charge is 0.421 e. The molecule has 0 spiro atoms. The van der Waals surface area contributed by atoms with E-state index in [0.29, 0.717) is 17.4 Å². The summed E-state index contributed by atoms with van der Waals surface area (Å²) in [5, 5.41) is 8.04. The third kappa shape index (κ3) is 5.63. The maximum atomic E-state index is 13.8. The summed E-state index contributed by atoms with van der Waals surface area (Å²) < 4.78 is 54.2. The number of nitrogens with zero attached hydrogens (tertiary/aromatic N) is 4. The third-order valence-electron chi connectivity index (χ3n) is 5.57. The van der Waals surface area contributed by atoms with Crippen LogP contribution in [0.25, 0.3) is 0 Å². The van der Waals surface area contributed by atoms with E-state index in [1.54, 1.807) is 25.1 Å². The number of rotatable bonds is 8. The van der Waals surface area contributed by atoms with Crippen molar-refractivity contribution in [2.24, 2.45) is 0 Å². The van der Waals surface area contributed by atoms with Crippen LogP contribution in [-0.2, 0) is 11.0 Å². The zero-order valence-corrected chi connectivity index (χ0v) is 20.8. The predicted octanol–water partition coefficient (Wildman–Crippen LogP) is 5.20. The molecular weight excluding hydrogens is 562 g/mol. The number of carbonyl (C=O) groups excluding carboxylic acids is 2. The van der Waals surface area contributed by atoms with E-state index in [2.05, 4.69) is 46.8 Å². The molecule has 1 atom stereocenters. The molecule has 0 aliphatic carbocycles. The molecule has 1 aromatic carbocycles. The molecular formula is C23H20BrF4N7O2. The number of aromatic nitrogens is 3. The molecule has 0 saturated heterocycles. The number of halogens is 5. The van der Waals surface area contributed by atoms with E-state index in [4.69, 9.17) is 0 Å². The van der Waals surface area contributed by atoms with Gasteiger partial charge in [0.25, 0.3) is 5.91 Å². The van der Waals surface area contributed by atoms with Gasteiger partial charge >= 0.3 is 6.18 Å². The lowest BCUT2D eigenvalue weighted by Crippen LogP contribution is -2.28. The topological polar surface area (TPSA) is 112 Å². The molecule has 3 aromatic rings. The van der Waals surface area contributed by atoms with Crippen LogP contribution in [0.4, 0.5) is 46.5 Å². The van der Waals surface area contributed by atoms with Gasteiger partial charge in [-0.05, 0) is 30.7 Å². The first kappa shape index (κ1) is 26.3. The molecule has 0 fully saturated rings.